The van der Waals surface area contributed by atoms with Crippen LogP contribution in [0.5, 0.6) is 5.75 Å². The van der Waals surface area contributed by atoms with Crippen molar-refractivity contribution in [3.8, 4) is 5.75 Å². The Balaban J connectivity index is 2.69. The van der Waals surface area contributed by atoms with Crippen LogP contribution in [0, 0.1) is 6.92 Å². The van der Waals surface area contributed by atoms with Gasteiger partial charge in [0.25, 0.3) is 0 Å². The smallest absolute Gasteiger partial charge is 0.119 e. The lowest BCUT2D eigenvalue weighted by Gasteiger charge is -2.12. The first kappa shape index (κ1) is 12.1. The molecule has 1 aromatic carbocycles. The third-order valence-corrected chi connectivity index (χ3v) is 2.25. The summed E-state index contributed by atoms with van der Waals surface area (Å²) in [5, 5.41) is 3.32. The molecule has 15 heavy (non-hydrogen) atoms. The summed E-state index contributed by atoms with van der Waals surface area (Å²) in [4.78, 5) is 0. The van der Waals surface area contributed by atoms with E-state index in [1.54, 1.807) is 0 Å². The van der Waals surface area contributed by atoms with Crippen LogP contribution in [0.1, 0.15) is 31.9 Å². The van der Waals surface area contributed by atoms with Gasteiger partial charge in [0.05, 0.1) is 6.10 Å². The molecule has 2 heteroatoms. The molecule has 0 saturated heterocycles. The highest BCUT2D eigenvalue weighted by atomic mass is 16.5. The fourth-order valence-electron chi connectivity index (χ4n) is 1.47. The molecular weight excluding hydrogens is 186 g/mol. The lowest BCUT2D eigenvalue weighted by atomic mass is 10.1. The maximum atomic E-state index is 5.63. The highest BCUT2D eigenvalue weighted by Crippen LogP contribution is 2.18. The van der Waals surface area contributed by atoms with E-state index in [-0.39, 0.29) is 6.10 Å². The molecule has 0 bridgehead atoms. The van der Waals surface area contributed by atoms with E-state index in [9.17, 15) is 0 Å². The number of rotatable bonds is 5. The van der Waals surface area contributed by atoms with Crippen LogP contribution < -0.4 is 10.1 Å². The van der Waals surface area contributed by atoms with E-state index in [0.717, 1.165) is 18.8 Å². The first-order chi connectivity index (χ1) is 7.13. The second kappa shape index (κ2) is 5.76. The summed E-state index contributed by atoms with van der Waals surface area (Å²) in [6.45, 7) is 10.3. The summed E-state index contributed by atoms with van der Waals surface area (Å²) in [6.07, 6.45) is 0.240. The van der Waals surface area contributed by atoms with Crippen molar-refractivity contribution in [2.24, 2.45) is 0 Å². The molecule has 0 aliphatic carbocycles. The molecule has 0 radical (unpaired) electrons. The predicted molar refractivity (Wildman–Crippen MR) is 64.3 cm³/mol. The molecule has 1 N–H and O–H groups in total. The summed E-state index contributed by atoms with van der Waals surface area (Å²) >= 11 is 0. The number of hydrogen-bond donors (Lipinski definition) is 1. The van der Waals surface area contributed by atoms with Gasteiger partial charge in [0.15, 0.2) is 0 Å². The second-order valence-corrected chi connectivity index (χ2v) is 4.04. The number of hydrogen-bond acceptors (Lipinski definition) is 2. The Bertz CT molecular complexity index is 307. The van der Waals surface area contributed by atoms with Gasteiger partial charge >= 0.3 is 0 Å². The van der Waals surface area contributed by atoms with Crippen molar-refractivity contribution in [2.45, 2.75) is 40.3 Å². The molecule has 2 nitrogen and oxygen atoms in total. The molecule has 0 fully saturated rings. The number of nitrogens with one attached hydrogen (secondary N) is 1. The minimum atomic E-state index is 0.240. The van der Waals surface area contributed by atoms with Crippen molar-refractivity contribution in [1.82, 2.24) is 5.32 Å². The van der Waals surface area contributed by atoms with Crippen molar-refractivity contribution in [1.29, 1.82) is 0 Å². The van der Waals surface area contributed by atoms with Crippen molar-refractivity contribution in [3.05, 3.63) is 29.3 Å². The van der Waals surface area contributed by atoms with Crippen molar-refractivity contribution >= 4 is 0 Å². The maximum absolute atomic E-state index is 5.63. The maximum Gasteiger partial charge on any atom is 0.119 e. The van der Waals surface area contributed by atoms with Crippen LogP contribution in [0.25, 0.3) is 0 Å². The van der Waals surface area contributed by atoms with Crippen molar-refractivity contribution in [3.63, 3.8) is 0 Å². The van der Waals surface area contributed by atoms with Crippen LogP contribution in [0.2, 0.25) is 0 Å². The van der Waals surface area contributed by atoms with Gasteiger partial charge in [-0.15, -0.1) is 0 Å². The molecule has 0 saturated carbocycles. The highest BCUT2D eigenvalue weighted by molar-refractivity contribution is 5.34. The number of benzene rings is 1. The van der Waals surface area contributed by atoms with Gasteiger partial charge in [-0.05, 0) is 50.6 Å². The summed E-state index contributed by atoms with van der Waals surface area (Å²) in [5.41, 5.74) is 2.63. The van der Waals surface area contributed by atoms with Gasteiger partial charge in [-0.3, -0.25) is 0 Å². The van der Waals surface area contributed by atoms with Crippen molar-refractivity contribution < 1.29 is 4.74 Å². The molecule has 0 aliphatic heterocycles. The Morgan fingerprint density at radius 1 is 1.33 bits per heavy atom. The first-order valence-electron chi connectivity index (χ1n) is 5.60. The van der Waals surface area contributed by atoms with Crippen LogP contribution in [0.3, 0.4) is 0 Å². The summed E-state index contributed by atoms with van der Waals surface area (Å²) in [5.74, 6) is 0.961. The molecule has 0 heterocycles. The van der Waals surface area contributed by atoms with E-state index in [0.29, 0.717) is 0 Å². The molecule has 1 aromatic rings. The fourth-order valence-corrected chi connectivity index (χ4v) is 1.47. The van der Waals surface area contributed by atoms with E-state index >= 15 is 0 Å². The van der Waals surface area contributed by atoms with Gasteiger partial charge in [0.2, 0.25) is 0 Å². The monoisotopic (exact) mass is 207 g/mol. The van der Waals surface area contributed by atoms with E-state index < -0.39 is 0 Å². The lowest BCUT2D eigenvalue weighted by Crippen LogP contribution is -2.13. The largest absolute Gasteiger partial charge is 0.491 e. The standard InChI is InChI=1S/C13H21NO/c1-5-14-9-12-6-7-13(8-11(12)4)15-10(2)3/h6-8,10,14H,5,9H2,1-4H3. The average molecular weight is 207 g/mol. The molecule has 0 aromatic heterocycles. The summed E-state index contributed by atoms with van der Waals surface area (Å²) in [6, 6.07) is 6.28. The minimum absolute atomic E-state index is 0.240. The Morgan fingerprint density at radius 3 is 2.60 bits per heavy atom. The van der Waals surface area contributed by atoms with Crippen molar-refractivity contribution in [2.75, 3.05) is 6.54 Å². The van der Waals surface area contributed by atoms with Crippen LogP contribution in [0.15, 0.2) is 18.2 Å². The number of ether oxygens (including phenoxy) is 1. The average Bonchev–Trinajstić information content (AvgIpc) is 2.15. The molecule has 0 spiro atoms. The normalized spacial score (nSPS) is 10.7. The third-order valence-electron chi connectivity index (χ3n) is 2.25. The van der Waals surface area contributed by atoms with Crippen LogP contribution in [-0.2, 0) is 6.54 Å². The zero-order chi connectivity index (χ0) is 11.3. The van der Waals surface area contributed by atoms with Crippen LogP contribution in [-0.4, -0.2) is 12.6 Å². The minimum Gasteiger partial charge on any atom is -0.491 e. The van der Waals surface area contributed by atoms with E-state index in [2.05, 4.69) is 31.3 Å². The Hall–Kier alpha value is -1.02. The van der Waals surface area contributed by atoms with Gasteiger partial charge in [0, 0.05) is 6.54 Å². The third kappa shape index (κ3) is 3.92. The fraction of sp³-hybridized carbons (Fsp3) is 0.538. The summed E-state index contributed by atoms with van der Waals surface area (Å²) in [7, 11) is 0. The lowest BCUT2D eigenvalue weighted by molar-refractivity contribution is 0.242. The second-order valence-electron chi connectivity index (χ2n) is 4.04. The molecule has 0 aliphatic rings. The van der Waals surface area contributed by atoms with E-state index in [1.807, 2.05) is 19.9 Å². The molecule has 0 unspecified atom stereocenters. The molecular formula is C13H21NO. The Morgan fingerprint density at radius 2 is 2.07 bits per heavy atom. The van der Waals surface area contributed by atoms with Crippen LogP contribution in [0.4, 0.5) is 0 Å². The van der Waals surface area contributed by atoms with E-state index in [4.69, 9.17) is 4.74 Å². The van der Waals surface area contributed by atoms with Gasteiger partial charge in [-0.2, -0.15) is 0 Å². The quantitative estimate of drug-likeness (QED) is 0.801. The Kier molecular flexibility index (Phi) is 4.63. The predicted octanol–water partition coefficient (Wildman–Crippen LogP) is 2.89. The summed E-state index contributed by atoms with van der Waals surface area (Å²) < 4.78 is 5.63. The van der Waals surface area contributed by atoms with Gasteiger partial charge in [-0.1, -0.05) is 13.0 Å². The molecule has 1 rings (SSSR count). The molecule has 84 valence electrons. The highest BCUT2D eigenvalue weighted by Gasteiger charge is 2.01. The van der Waals surface area contributed by atoms with Gasteiger partial charge in [-0.25, -0.2) is 0 Å². The topological polar surface area (TPSA) is 21.3 Å². The first-order valence-corrected chi connectivity index (χ1v) is 5.60. The van der Waals surface area contributed by atoms with Crippen LogP contribution >= 0.6 is 0 Å². The SMILES string of the molecule is CCNCc1ccc(OC(C)C)cc1C. The van der Waals surface area contributed by atoms with Gasteiger partial charge < -0.3 is 10.1 Å². The molecule has 0 atom stereocenters. The van der Waals surface area contributed by atoms with Gasteiger partial charge in [0.1, 0.15) is 5.75 Å². The zero-order valence-corrected chi connectivity index (χ0v) is 10.1. The Labute approximate surface area is 92.6 Å². The molecule has 0 amide bonds. The van der Waals surface area contributed by atoms with E-state index in [1.165, 1.54) is 11.1 Å². The number of aryl methyl sites for hydroxylation is 1. The zero-order valence-electron chi connectivity index (χ0n) is 10.1.